The van der Waals surface area contributed by atoms with Crippen molar-refractivity contribution in [3.63, 3.8) is 0 Å². The van der Waals surface area contributed by atoms with Gasteiger partial charge in [-0.1, -0.05) is 12.1 Å². The first-order valence-electron chi connectivity index (χ1n) is 10.5. The molecular weight excluding hydrogens is 415 g/mol. The molecule has 2 aromatic carbocycles. The lowest BCUT2D eigenvalue weighted by atomic mass is 9.98. The van der Waals surface area contributed by atoms with Crippen molar-refractivity contribution in [2.24, 2.45) is 0 Å². The van der Waals surface area contributed by atoms with Crippen molar-refractivity contribution in [3.05, 3.63) is 64.4 Å². The molecule has 1 amide bonds. The Labute approximate surface area is 185 Å². The maximum absolute atomic E-state index is 13.5. The predicted molar refractivity (Wildman–Crippen MR) is 119 cm³/mol. The normalized spacial score (nSPS) is 13.1. The van der Waals surface area contributed by atoms with E-state index < -0.39 is 0 Å². The number of ether oxygens (including phenoxy) is 2. The van der Waals surface area contributed by atoms with Crippen LogP contribution in [0, 0.1) is 5.82 Å². The van der Waals surface area contributed by atoms with Crippen molar-refractivity contribution in [3.8, 4) is 22.1 Å². The molecule has 0 unspecified atom stereocenters. The van der Waals surface area contributed by atoms with Crippen LogP contribution in [-0.4, -0.2) is 35.5 Å². The van der Waals surface area contributed by atoms with Gasteiger partial charge in [-0.05, 0) is 55.7 Å². The number of nitrogens with zero attached hydrogens (tertiary/aromatic N) is 2. The van der Waals surface area contributed by atoms with E-state index in [9.17, 15) is 9.18 Å². The second-order valence-electron chi connectivity index (χ2n) is 7.33. The van der Waals surface area contributed by atoms with Crippen LogP contribution in [0.25, 0.3) is 10.6 Å². The molecule has 0 saturated carbocycles. The van der Waals surface area contributed by atoms with Gasteiger partial charge >= 0.3 is 0 Å². The van der Waals surface area contributed by atoms with Gasteiger partial charge in [0.2, 0.25) is 5.91 Å². The van der Waals surface area contributed by atoms with E-state index in [0.29, 0.717) is 32.0 Å². The van der Waals surface area contributed by atoms with Crippen molar-refractivity contribution < 1.29 is 18.7 Å². The lowest BCUT2D eigenvalue weighted by molar-refractivity contribution is -0.131. The summed E-state index contributed by atoms with van der Waals surface area (Å²) in [6.07, 6.45) is 1.01. The number of halogens is 1. The maximum atomic E-state index is 13.5. The van der Waals surface area contributed by atoms with Gasteiger partial charge in [0.25, 0.3) is 0 Å². The van der Waals surface area contributed by atoms with Crippen molar-refractivity contribution in [1.29, 1.82) is 0 Å². The van der Waals surface area contributed by atoms with Gasteiger partial charge in [0.15, 0.2) is 11.5 Å². The lowest BCUT2D eigenvalue weighted by Gasteiger charge is -2.29. The summed E-state index contributed by atoms with van der Waals surface area (Å²) in [6, 6.07) is 10.4. The Morgan fingerprint density at radius 1 is 1.13 bits per heavy atom. The largest absolute Gasteiger partial charge is 0.490 e. The highest BCUT2D eigenvalue weighted by molar-refractivity contribution is 7.13. The highest BCUT2D eigenvalue weighted by Gasteiger charge is 2.24. The summed E-state index contributed by atoms with van der Waals surface area (Å²) in [5.74, 6) is 1.22. The van der Waals surface area contributed by atoms with E-state index in [1.807, 2.05) is 42.3 Å². The van der Waals surface area contributed by atoms with Crippen LogP contribution in [0.5, 0.6) is 11.5 Å². The van der Waals surface area contributed by atoms with Crippen LogP contribution >= 0.6 is 11.3 Å². The summed E-state index contributed by atoms with van der Waals surface area (Å²) in [4.78, 5) is 19.3. The fraction of sp³-hybridized carbons (Fsp3) is 0.333. The van der Waals surface area contributed by atoms with Crippen molar-refractivity contribution in [2.75, 3.05) is 19.8 Å². The number of aromatic nitrogens is 1. The zero-order valence-corrected chi connectivity index (χ0v) is 18.5. The van der Waals surface area contributed by atoms with Crippen molar-refractivity contribution >= 4 is 17.2 Å². The SMILES string of the molecule is CCOc1cc2c(cc1OCC)CN(C(=O)Cc1csc(-c3cccc(F)c3)n1)CC2. The molecule has 0 bridgehead atoms. The molecule has 7 heteroatoms. The number of amides is 1. The minimum Gasteiger partial charge on any atom is -0.490 e. The molecule has 31 heavy (non-hydrogen) atoms. The molecule has 0 atom stereocenters. The Morgan fingerprint density at radius 2 is 1.87 bits per heavy atom. The maximum Gasteiger partial charge on any atom is 0.228 e. The quantitative estimate of drug-likeness (QED) is 0.526. The van der Waals surface area contributed by atoms with E-state index >= 15 is 0 Å². The van der Waals surface area contributed by atoms with Gasteiger partial charge in [-0.15, -0.1) is 11.3 Å². The van der Waals surface area contributed by atoms with Gasteiger partial charge in [0.05, 0.1) is 25.3 Å². The number of carbonyl (C=O) groups is 1. The molecule has 0 aliphatic carbocycles. The molecule has 1 aliphatic rings. The van der Waals surface area contributed by atoms with Gasteiger partial charge in [-0.2, -0.15) is 0 Å². The van der Waals surface area contributed by atoms with Gasteiger partial charge < -0.3 is 14.4 Å². The standard InChI is InChI=1S/C24H25FN2O3S/c1-3-29-21-11-16-8-9-27(14-18(16)12-22(21)30-4-2)23(28)13-20-15-31-24(26-20)17-6-5-7-19(25)10-17/h5-7,10-12,15H,3-4,8-9,13-14H2,1-2H3. The van der Waals surface area contributed by atoms with E-state index in [0.717, 1.165) is 34.1 Å². The first-order valence-corrected chi connectivity index (χ1v) is 11.3. The summed E-state index contributed by atoms with van der Waals surface area (Å²) < 4.78 is 24.9. The number of carbonyl (C=O) groups excluding carboxylic acids is 1. The summed E-state index contributed by atoms with van der Waals surface area (Å²) in [5, 5.41) is 2.59. The molecule has 0 N–H and O–H groups in total. The molecule has 0 radical (unpaired) electrons. The third-order valence-corrected chi connectivity index (χ3v) is 6.13. The molecule has 1 aromatic heterocycles. The fourth-order valence-electron chi connectivity index (χ4n) is 3.72. The minimum absolute atomic E-state index is 0.0357. The molecule has 0 fully saturated rings. The monoisotopic (exact) mass is 440 g/mol. The molecule has 3 aromatic rings. The third-order valence-electron chi connectivity index (χ3n) is 5.19. The highest BCUT2D eigenvalue weighted by Crippen LogP contribution is 2.34. The molecule has 162 valence electrons. The van der Waals surface area contributed by atoms with Crippen LogP contribution in [0.1, 0.15) is 30.7 Å². The summed E-state index contributed by atoms with van der Waals surface area (Å²) in [7, 11) is 0. The molecule has 5 nitrogen and oxygen atoms in total. The zero-order valence-electron chi connectivity index (χ0n) is 17.7. The van der Waals surface area contributed by atoms with E-state index in [4.69, 9.17) is 9.47 Å². The molecule has 2 heterocycles. The first-order chi connectivity index (χ1) is 15.1. The van der Waals surface area contributed by atoms with Crippen molar-refractivity contribution in [1.82, 2.24) is 9.88 Å². The number of hydrogen-bond acceptors (Lipinski definition) is 5. The van der Waals surface area contributed by atoms with Crippen LogP contribution < -0.4 is 9.47 Å². The van der Waals surface area contributed by atoms with Gasteiger partial charge in [0.1, 0.15) is 10.8 Å². The fourth-order valence-corrected chi connectivity index (χ4v) is 4.54. The summed E-state index contributed by atoms with van der Waals surface area (Å²) in [5.41, 5.74) is 3.72. The molecule has 4 rings (SSSR count). The lowest BCUT2D eigenvalue weighted by Crippen LogP contribution is -2.37. The average molecular weight is 441 g/mol. The van der Waals surface area contributed by atoms with E-state index in [2.05, 4.69) is 4.98 Å². The van der Waals surface area contributed by atoms with Gasteiger partial charge in [-0.25, -0.2) is 9.37 Å². The van der Waals surface area contributed by atoms with Crippen molar-refractivity contribution in [2.45, 2.75) is 33.2 Å². The minimum atomic E-state index is -0.295. The van der Waals surface area contributed by atoms with Crippen LogP contribution in [0.4, 0.5) is 4.39 Å². The summed E-state index contributed by atoms with van der Waals surface area (Å²) in [6.45, 7) is 6.23. The molecule has 1 aliphatic heterocycles. The number of benzene rings is 2. The number of rotatable bonds is 7. The second kappa shape index (κ2) is 9.47. The van der Waals surface area contributed by atoms with Crippen LogP contribution in [0.3, 0.4) is 0 Å². The van der Waals surface area contributed by atoms with Crippen LogP contribution in [0.2, 0.25) is 0 Å². The zero-order chi connectivity index (χ0) is 21.8. The second-order valence-corrected chi connectivity index (χ2v) is 8.19. The highest BCUT2D eigenvalue weighted by atomic mass is 32.1. The Morgan fingerprint density at radius 3 is 2.58 bits per heavy atom. The Hall–Kier alpha value is -2.93. The summed E-state index contributed by atoms with van der Waals surface area (Å²) >= 11 is 1.42. The number of thiazole rings is 1. The Bertz CT molecular complexity index is 1080. The first kappa shape index (κ1) is 21.3. The molecular formula is C24H25FN2O3S. The predicted octanol–water partition coefficient (Wildman–Crippen LogP) is 4.87. The van der Waals surface area contributed by atoms with Crippen LogP contribution in [-0.2, 0) is 24.2 Å². The van der Waals surface area contributed by atoms with E-state index in [1.165, 1.54) is 29.0 Å². The number of fused-ring (bicyclic) bond motifs is 1. The third kappa shape index (κ3) is 4.88. The van der Waals surface area contributed by atoms with Gasteiger partial charge in [-0.3, -0.25) is 4.79 Å². The van der Waals surface area contributed by atoms with Gasteiger partial charge in [0, 0.05) is 24.0 Å². The van der Waals surface area contributed by atoms with E-state index in [-0.39, 0.29) is 18.1 Å². The molecule has 0 saturated heterocycles. The van der Waals surface area contributed by atoms with E-state index in [1.54, 1.807) is 6.07 Å². The Balaban J connectivity index is 1.46. The van der Waals surface area contributed by atoms with Crippen LogP contribution in [0.15, 0.2) is 41.8 Å². The average Bonchev–Trinajstić information content (AvgIpc) is 3.22. The smallest absolute Gasteiger partial charge is 0.228 e. The molecule has 0 spiro atoms. The topological polar surface area (TPSA) is 51.7 Å². The Kier molecular flexibility index (Phi) is 6.51. The number of hydrogen-bond donors (Lipinski definition) is 0.